The molecule has 0 aromatic carbocycles. The van der Waals surface area contributed by atoms with E-state index in [4.69, 9.17) is 0 Å². The number of carbonyl (C=O) groups is 1. The van der Waals surface area contributed by atoms with Gasteiger partial charge in [-0.2, -0.15) is 0 Å². The Kier molecular flexibility index (Phi) is 2.88. The Hall–Kier alpha value is -1.84. The number of rotatable bonds is 2. The molecule has 0 spiro atoms. The molecule has 0 saturated carbocycles. The average Bonchev–Trinajstić information content (AvgIpc) is 2.63. The molecule has 0 radical (unpaired) electrons. The van der Waals surface area contributed by atoms with Crippen LogP contribution in [0.25, 0.3) is 5.65 Å². The molecule has 90 valence electrons. The molecule has 0 aliphatic heterocycles. The van der Waals surface area contributed by atoms with E-state index < -0.39 is 0 Å². The fourth-order valence-corrected chi connectivity index (χ4v) is 1.72. The summed E-state index contributed by atoms with van der Waals surface area (Å²) in [5.41, 5.74) is 1.52. The average molecular weight is 231 g/mol. The van der Waals surface area contributed by atoms with Crippen LogP contribution < -0.4 is 5.32 Å². The zero-order valence-electron chi connectivity index (χ0n) is 10.4. The first-order chi connectivity index (χ1) is 7.96. The van der Waals surface area contributed by atoms with Gasteiger partial charge in [0.05, 0.1) is 5.69 Å². The van der Waals surface area contributed by atoms with Crippen molar-refractivity contribution in [2.24, 2.45) is 5.41 Å². The fraction of sp³-hybridized carbons (Fsp3) is 0.385. The minimum absolute atomic E-state index is 0.00935. The van der Waals surface area contributed by atoms with Crippen LogP contribution in [0.5, 0.6) is 0 Å². The lowest BCUT2D eigenvalue weighted by Gasteiger charge is -2.17. The maximum absolute atomic E-state index is 11.8. The molecule has 1 amide bonds. The highest BCUT2D eigenvalue weighted by Gasteiger charge is 2.16. The van der Waals surface area contributed by atoms with Gasteiger partial charge in [0, 0.05) is 25.0 Å². The molecule has 17 heavy (non-hydrogen) atoms. The Morgan fingerprint density at radius 1 is 1.41 bits per heavy atom. The van der Waals surface area contributed by atoms with Crippen molar-refractivity contribution in [3.05, 3.63) is 30.7 Å². The number of amides is 1. The standard InChI is InChI=1S/C13H17N3O/c1-13(2,3)9-11(17)15-10-5-4-7-16-8-6-14-12(10)16/h4-8H,9H2,1-3H3,(H,15,17). The quantitative estimate of drug-likeness (QED) is 0.863. The van der Waals surface area contributed by atoms with Crippen molar-refractivity contribution >= 4 is 17.2 Å². The van der Waals surface area contributed by atoms with Crippen LogP contribution in [0.4, 0.5) is 5.69 Å². The summed E-state index contributed by atoms with van der Waals surface area (Å²) < 4.78 is 1.88. The van der Waals surface area contributed by atoms with E-state index in [1.807, 2.05) is 49.7 Å². The van der Waals surface area contributed by atoms with Crippen LogP contribution in [-0.4, -0.2) is 15.3 Å². The first-order valence-electron chi connectivity index (χ1n) is 5.67. The number of imidazole rings is 1. The van der Waals surface area contributed by atoms with Crippen molar-refractivity contribution in [1.82, 2.24) is 9.38 Å². The number of pyridine rings is 1. The summed E-state index contributed by atoms with van der Waals surface area (Å²) in [6.07, 6.45) is 5.97. The second-order valence-electron chi connectivity index (χ2n) is 5.37. The van der Waals surface area contributed by atoms with E-state index in [1.54, 1.807) is 6.20 Å². The predicted molar refractivity (Wildman–Crippen MR) is 67.9 cm³/mol. The van der Waals surface area contributed by atoms with Crippen LogP contribution in [-0.2, 0) is 4.79 Å². The zero-order valence-corrected chi connectivity index (χ0v) is 10.4. The van der Waals surface area contributed by atoms with Gasteiger partial charge in [0.15, 0.2) is 5.65 Å². The number of aromatic nitrogens is 2. The highest BCUT2D eigenvalue weighted by atomic mass is 16.1. The molecule has 0 atom stereocenters. The molecular formula is C13H17N3O. The van der Waals surface area contributed by atoms with E-state index in [9.17, 15) is 4.79 Å². The highest BCUT2D eigenvalue weighted by molar-refractivity contribution is 5.94. The van der Waals surface area contributed by atoms with Crippen LogP contribution in [0, 0.1) is 5.41 Å². The third kappa shape index (κ3) is 2.84. The highest BCUT2D eigenvalue weighted by Crippen LogP contribution is 2.20. The van der Waals surface area contributed by atoms with Crippen LogP contribution in [0.1, 0.15) is 27.2 Å². The van der Waals surface area contributed by atoms with Gasteiger partial charge in [0.1, 0.15) is 0 Å². The normalized spacial score (nSPS) is 11.7. The Morgan fingerprint density at radius 3 is 2.88 bits per heavy atom. The molecule has 4 nitrogen and oxygen atoms in total. The first-order valence-corrected chi connectivity index (χ1v) is 5.67. The van der Waals surface area contributed by atoms with E-state index in [-0.39, 0.29) is 11.3 Å². The second-order valence-corrected chi connectivity index (χ2v) is 5.37. The molecule has 0 aliphatic rings. The van der Waals surface area contributed by atoms with Crippen LogP contribution in [0.2, 0.25) is 0 Å². The minimum Gasteiger partial charge on any atom is -0.323 e. The van der Waals surface area contributed by atoms with Gasteiger partial charge in [-0.25, -0.2) is 4.98 Å². The van der Waals surface area contributed by atoms with E-state index in [1.165, 1.54) is 0 Å². The van der Waals surface area contributed by atoms with Gasteiger partial charge >= 0.3 is 0 Å². The maximum atomic E-state index is 11.8. The number of carbonyl (C=O) groups excluding carboxylic acids is 1. The minimum atomic E-state index is -0.00935. The molecule has 0 saturated heterocycles. The molecule has 1 N–H and O–H groups in total. The molecule has 0 unspecified atom stereocenters. The number of anilines is 1. The molecule has 4 heteroatoms. The SMILES string of the molecule is CC(C)(C)CC(=O)Nc1cccn2ccnc12. The van der Waals surface area contributed by atoms with Gasteiger partial charge in [-0.15, -0.1) is 0 Å². The zero-order chi connectivity index (χ0) is 12.5. The second kappa shape index (κ2) is 4.20. The third-order valence-corrected chi connectivity index (χ3v) is 2.38. The van der Waals surface area contributed by atoms with Crippen molar-refractivity contribution < 1.29 is 4.79 Å². The summed E-state index contributed by atoms with van der Waals surface area (Å²) in [5.74, 6) is 0.0219. The van der Waals surface area contributed by atoms with E-state index in [0.717, 1.165) is 11.3 Å². The molecule has 0 bridgehead atoms. The topological polar surface area (TPSA) is 46.4 Å². The molecular weight excluding hydrogens is 214 g/mol. The summed E-state index contributed by atoms with van der Waals surface area (Å²) in [7, 11) is 0. The Labute approximate surface area is 101 Å². The molecule has 2 aromatic rings. The van der Waals surface area contributed by atoms with Gasteiger partial charge in [-0.05, 0) is 17.5 Å². The summed E-state index contributed by atoms with van der Waals surface area (Å²) in [6.45, 7) is 6.13. The number of nitrogens with zero attached hydrogens (tertiary/aromatic N) is 2. The van der Waals surface area contributed by atoms with Crippen molar-refractivity contribution in [2.75, 3.05) is 5.32 Å². The van der Waals surface area contributed by atoms with Crippen molar-refractivity contribution in [2.45, 2.75) is 27.2 Å². The number of hydrogen-bond donors (Lipinski definition) is 1. The van der Waals surface area contributed by atoms with Crippen LogP contribution in [0.15, 0.2) is 30.7 Å². The number of fused-ring (bicyclic) bond motifs is 1. The van der Waals surface area contributed by atoms with Crippen LogP contribution in [0.3, 0.4) is 0 Å². The van der Waals surface area contributed by atoms with Gasteiger partial charge in [0.25, 0.3) is 0 Å². The largest absolute Gasteiger partial charge is 0.323 e. The monoisotopic (exact) mass is 231 g/mol. The lowest BCUT2D eigenvalue weighted by molar-refractivity contribution is -0.117. The van der Waals surface area contributed by atoms with Gasteiger partial charge in [-0.3, -0.25) is 4.79 Å². The molecule has 2 aromatic heterocycles. The van der Waals surface area contributed by atoms with Gasteiger partial charge < -0.3 is 9.72 Å². The lowest BCUT2D eigenvalue weighted by Crippen LogP contribution is -2.20. The van der Waals surface area contributed by atoms with Crippen molar-refractivity contribution in [3.8, 4) is 0 Å². The van der Waals surface area contributed by atoms with Crippen molar-refractivity contribution in [1.29, 1.82) is 0 Å². The summed E-state index contributed by atoms with van der Waals surface area (Å²) in [6, 6.07) is 3.75. The van der Waals surface area contributed by atoms with Gasteiger partial charge in [-0.1, -0.05) is 20.8 Å². The smallest absolute Gasteiger partial charge is 0.224 e. The Balaban J connectivity index is 2.18. The summed E-state index contributed by atoms with van der Waals surface area (Å²) in [4.78, 5) is 16.1. The van der Waals surface area contributed by atoms with Crippen LogP contribution >= 0.6 is 0 Å². The van der Waals surface area contributed by atoms with Gasteiger partial charge in [0.2, 0.25) is 5.91 Å². The van der Waals surface area contributed by atoms with E-state index >= 15 is 0 Å². The molecule has 0 fully saturated rings. The Morgan fingerprint density at radius 2 is 2.18 bits per heavy atom. The lowest BCUT2D eigenvalue weighted by atomic mass is 9.92. The molecule has 2 rings (SSSR count). The third-order valence-electron chi connectivity index (χ3n) is 2.38. The summed E-state index contributed by atoms with van der Waals surface area (Å²) in [5, 5.41) is 2.91. The van der Waals surface area contributed by atoms with Crippen molar-refractivity contribution in [3.63, 3.8) is 0 Å². The Bertz CT molecular complexity index is 537. The fourth-order valence-electron chi connectivity index (χ4n) is 1.72. The number of nitrogens with one attached hydrogen (secondary N) is 1. The predicted octanol–water partition coefficient (Wildman–Crippen LogP) is 2.71. The first kappa shape index (κ1) is 11.6. The van der Waals surface area contributed by atoms with E-state index in [2.05, 4.69) is 10.3 Å². The molecule has 2 heterocycles. The number of hydrogen-bond acceptors (Lipinski definition) is 2. The molecule has 0 aliphatic carbocycles. The maximum Gasteiger partial charge on any atom is 0.224 e. The van der Waals surface area contributed by atoms with E-state index in [0.29, 0.717) is 6.42 Å². The summed E-state index contributed by atoms with van der Waals surface area (Å²) >= 11 is 0.